The number of hydrogen-bond donors (Lipinski definition) is 1. The number of benzene rings is 1. The van der Waals surface area contributed by atoms with E-state index in [9.17, 15) is 14.9 Å². The van der Waals surface area contributed by atoms with Crippen molar-refractivity contribution in [2.45, 2.75) is 26.3 Å². The number of nitro groups is 1. The SMILES string of the molecule is Cc1ccc(C)n1[C@H](CC(=O)O)c1ccc([N+](=O)[O-])cc1. The highest BCUT2D eigenvalue weighted by molar-refractivity contribution is 5.68. The van der Waals surface area contributed by atoms with E-state index in [0.29, 0.717) is 0 Å². The first-order valence-electron chi connectivity index (χ1n) is 6.50. The third-order valence-electron chi connectivity index (χ3n) is 3.49. The Morgan fingerprint density at radius 1 is 1.19 bits per heavy atom. The van der Waals surface area contributed by atoms with Gasteiger partial charge in [-0.1, -0.05) is 12.1 Å². The number of hydrogen-bond acceptors (Lipinski definition) is 3. The van der Waals surface area contributed by atoms with Crippen LogP contribution in [0.25, 0.3) is 0 Å². The number of nitro benzene ring substituents is 1. The molecule has 21 heavy (non-hydrogen) atoms. The molecule has 1 aromatic carbocycles. The van der Waals surface area contributed by atoms with Crippen LogP contribution in [0.3, 0.4) is 0 Å². The van der Waals surface area contributed by atoms with E-state index in [1.54, 1.807) is 12.1 Å². The zero-order valence-corrected chi connectivity index (χ0v) is 11.8. The Hall–Kier alpha value is -2.63. The van der Waals surface area contributed by atoms with Gasteiger partial charge in [-0.3, -0.25) is 14.9 Å². The molecule has 1 N–H and O–H groups in total. The molecule has 0 amide bonds. The average Bonchev–Trinajstić information content (AvgIpc) is 2.76. The number of aryl methyl sites for hydroxylation is 2. The zero-order chi connectivity index (χ0) is 15.6. The fourth-order valence-electron chi connectivity index (χ4n) is 2.51. The van der Waals surface area contributed by atoms with Gasteiger partial charge in [-0.15, -0.1) is 0 Å². The quantitative estimate of drug-likeness (QED) is 0.676. The van der Waals surface area contributed by atoms with Gasteiger partial charge >= 0.3 is 5.97 Å². The molecule has 110 valence electrons. The lowest BCUT2D eigenvalue weighted by Crippen LogP contribution is -2.17. The molecule has 2 rings (SSSR count). The summed E-state index contributed by atoms with van der Waals surface area (Å²) in [5.41, 5.74) is 2.65. The second-order valence-electron chi connectivity index (χ2n) is 4.95. The molecule has 6 nitrogen and oxygen atoms in total. The van der Waals surface area contributed by atoms with Crippen molar-refractivity contribution in [1.82, 2.24) is 4.57 Å². The molecule has 1 aromatic heterocycles. The summed E-state index contributed by atoms with van der Waals surface area (Å²) >= 11 is 0. The maximum Gasteiger partial charge on any atom is 0.305 e. The van der Waals surface area contributed by atoms with Crippen molar-refractivity contribution in [2.75, 3.05) is 0 Å². The van der Waals surface area contributed by atoms with Crippen LogP contribution < -0.4 is 0 Å². The summed E-state index contributed by atoms with van der Waals surface area (Å²) < 4.78 is 1.94. The third-order valence-corrected chi connectivity index (χ3v) is 3.49. The molecule has 0 saturated carbocycles. The Bertz CT molecular complexity index is 654. The van der Waals surface area contributed by atoms with Gasteiger partial charge in [0.1, 0.15) is 0 Å². The summed E-state index contributed by atoms with van der Waals surface area (Å²) in [7, 11) is 0. The first-order valence-corrected chi connectivity index (χ1v) is 6.50. The van der Waals surface area contributed by atoms with Crippen molar-refractivity contribution in [3.8, 4) is 0 Å². The number of carboxylic acid groups (broad SMARTS) is 1. The van der Waals surface area contributed by atoms with Gasteiger partial charge in [0.05, 0.1) is 17.4 Å². The number of carbonyl (C=O) groups is 1. The molecule has 0 unspecified atom stereocenters. The van der Waals surface area contributed by atoms with Gasteiger partial charge < -0.3 is 9.67 Å². The molecule has 0 spiro atoms. The normalized spacial score (nSPS) is 12.1. The van der Waals surface area contributed by atoms with Gasteiger partial charge in [0, 0.05) is 23.5 Å². The van der Waals surface area contributed by atoms with E-state index in [4.69, 9.17) is 5.11 Å². The molecule has 0 aliphatic rings. The Morgan fingerprint density at radius 3 is 2.14 bits per heavy atom. The van der Waals surface area contributed by atoms with E-state index < -0.39 is 10.9 Å². The molecule has 0 radical (unpaired) electrons. The topological polar surface area (TPSA) is 85.4 Å². The van der Waals surface area contributed by atoms with Gasteiger partial charge in [-0.2, -0.15) is 0 Å². The molecule has 2 aromatic rings. The van der Waals surface area contributed by atoms with Crippen LogP contribution in [0.15, 0.2) is 36.4 Å². The Balaban J connectivity index is 2.45. The molecular weight excluding hydrogens is 272 g/mol. The minimum Gasteiger partial charge on any atom is -0.481 e. The Labute approximate surface area is 121 Å². The minimum absolute atomic E-state index is 0.00576. The van der Waals surface area contributed by atoms with Gasteiger partial charge in [0.15, 0.2) is 0 Å². The summed E-state index contributed by atoms with van der Waals surface area (Å²) in [5, 5.41) is 19.9. The lowest BCUT2D eigenvalue weighted by atomic mass is 10.0. The molecule has 0 bridgehead atoms. The molecule has 0 aliphatic heterocycles. The Kier molecular flexibility index (Phi) is 4.07. The molecule has 0 fully saturated rings. The highest BCUT2D eigenvalue weighted by Crippen LogP contribution is 2.27. The van der Waals surface area contributed by atoms with Gasteiger partial charge in [0.2, 0.25) is 0 Å². The second-order valence-corrected chi connectivity index (χ2v) is 4.95. The van der Waals surface area contributed by atoms with Crippen molar-refractivity contribution >= 4 is 11.7 Å². The molecule has 0 saturated heterocycles. The van der Waals surface area contributed by atoms with Crippen LogP contribution in [0, 0.1) is 24.0 Å². The zero-order valence-electron chi connectivity index (χ0n) is 11.8. The number of aromatic nitrogens is 1. The average molecular weight is 288 g/mol. The van der Waals surface area contributed by atoms with E-state index in [0.717, 1.165) is 17.0 Å². The van der Waals surface area contributed by atoms with E-state index >= 15 is 0 Å². The predicted molar refractivity (Wildman–Crippen MR) is 77.4 cm³/mol. The van der Waals surface area contributed by atoms with Gasteiger partial charge in [-0.25, -0.2) is 0 Å². The minimum atomic E-state index is -0.911. The number of nitrogens with zero attached hydrogens (tertiary/aromatic N) is 2. The fourth-order valence-corrected chi connectivity index (χ4v) is 2.51. The van der Waals surface area contributed by atoms with Crippen LogP contribution in [0.2, 0.25) is 0 Å². The van der Waals surface area contributed by atoms with Crippen molar-refractivity contribution in [2.24, 2.45) is 0 Å². The van der Waals surface area contributed by atoms with Crippen LogP contribution in [0.4, 0.5) is 5.69 Å². The maximum absolute atomic E-state index is 11.2. The first-order chi connectivity index (χ1) is 9.90. The highest BCUT2D eigenvalue weighted by Gasteiger charge is 2.20. The monoisotopic (exact) mass is 288 g/mol. The maximum atomic E-state index is 11.2. The number of aliphatic carboxylic acids is 1. The summed E-state index contributed by atoms with van der Waals surface area (Å²) in [4.78, 5) is 21.4. The van der Waals surface area contributed by atoms with Crippen molar-refractivity contribution < 1.29 is 14.8 Å². The van der Waals surface area contributed by atoms with E-state index in [2.05, 4.69) is 0 Å². The largest absolute Gasteiger partial charge is 0.481 e. The second kappa shape index (κ2) is 5.78. The van der Waals surface area contributed by atoms with Crippen LogP contribution in [0.1, 0.15) is 29.4 Å². The van der Waals surface area contributed by atoms with E-state index in [1.165, 1.54) is 12.1 Å². The summed E-state index contributed by atoms with van der Waals surface area (Å²) in [6.45, 7) is 3.82. The number of non-ortho nitro benzene ring substituents is 1. The smallest absolute Gasteiger partial charge is 0.305 e. The van der Waals surface area contributed by atoms with Gasteiger partial charge in [0.25, 0.3) is 5.69 Å². The molecule has 1 heterocycles. The van der Waals surface area contributed by atoms with Crippen LogP contribution in [-0.4, -0.2) is 20.6 Å². The standard InChI is InChI=1S/C15H16N2O4/c1-10-3-4-11(2)16(10)14(9-15(18)19)12-5-7-13(8-6-12)17(20)21/h3-8,14H,9H2,1-2H3,(H,18,19)/t14-/m1/s1. The summed E-state index contributed by atoms with van der Waals surface area (Å²) in [5.74, 6) is -0.911. The summed E-state index contributed by atoms with van der Waals surface area (Å²) in [6, 6.07) is 9.51. The van der Waals surface area contributed by atoms with E-state index in [-0.39, 0.29) is 18.2 Å². The Morgan fingerprint density at radius 2 is 1.71 bits per heavy atom. The predicted octanol–water partition coefficient (Wildman–Crippen LogP) is 3.08. The fraction of sp³-hybridized carbons (Fsp3) is 0.267. The van der Waals surface area contributed by atoms with Crippen LogP contribution >= 0.6 is 0 Å². The van der Waals surface area contributed by atoms with Crippen LogP contribution in [-0.2, 0) is 4.79 Å². The lowest BCUT2D eigenvalue weighted by molar-refractivity contribution is -0.384. The van der Waals surface area contributed by atoms with Crippen molar-refractivity contribution in [3.63, 3.8) is 0 Å². The highest BCUT2D eigenvalue weighted by atomic mass is 16.6. The van der Waals surface area contributed by atoms with Crippen molar-refractivity contribution in [1.29, 1.82) is 0 Å². The van der Waals surface area contributed by atoms with Crippen LogP contribution in [0.5, 0.6) is 0 Å². The first kappa shape index (κ1) is 14.8. The van der Waals surface area contributed by atoms with E-state index in [1.807, 2.05) is 30.5 Å². The van der Waals surface area contributed by atoms with Gasteiger partial charge in [-0.05, 0) is 31.5 Å². The number of carboxylic acids is 1. The third kappa shape index (κ3) is 3.10. The molecular formula is C15H16N2O4. The summed E-state index contributed by atoms with van der Waals surface area (Å²) in [6.07, 6.45) is -0.0752. The molecule has 1 atom stereocenters. The van der Waals surface area contributed by atoms with Crippen molar-refractivity contribution in [3.05, 3.63) is 63.5 Å². The lowest BCUT2D eigenvalue weighted by Gasteiger charge is -2.21. The molecule has 0 aliphatic carbocycles. The number of rotatable bonds is 5. The molecule has 6 heteroatoms.